The maximum absolute atomic E-state index is 11.6. The van der Waals surface area contributed by atoms with Crippen molar-refractivity contribution in [3.8, 4) is 5.75 Å². The van der Waals surface area contributed by atoms with Crippen molar-refractivity contribution < 1.29 is 9.53 Å². The summed E-state index contributed by atoms with van der Waals surface area (Å²) < 4.78 is 6.32. The van der Waals surface area contributed by atoms with E-state index < -0.39 is 0 Å². The lowest BCUT2D eigenvalue weighted by atomic mass is 10.1. The Morgan fingerprint density at radius 3 is 2.83 bits per heavy atom. The Bertz CT molecular complexity index is 410. The van der Waals surface area contributed by atoms with E-state index in [9.17, 15) is 4.79 Å². The van der Waals surface area contributed by atoms with Gasteiger partial charge in [0, 0.05) is 18.1 Å². The van der Waals surface area contributed by atoms with Crippen LogP contribution < -0.4 is 10.1 Å². The van der Waals surface area contributed by atoms with Crippen LogP contribution in [0.2, 0.25) is 0 Å². The highest BCUT2D eigenvalue weighted by atomic mass is 79.9. The lowest BCUT2D eigenvalue weighted by Gasteiger charge is -2.18. The molecule has 0 radical (unpaired) electrons. The van der Waals surface area contributed by atoms with Crippen LogP contribution in [-0.2, 0) is 11.2 Å². The van der Waals surface area contributed by atoms with Crippen LogP contribution in [0.3, 0.4) is 0 Å². The minimum Gasteiger partial charge on any atom is -0.496 e. The van der Waals surface area contributed by atoms with Crippen LogP contribution in [0, 0.1) is 0 Å². The van der Waals surface area contributed by atoms with E-state index in [0.29, 0.717) is 13.1 Å². The number of likely N-dealkylation sites (N-methyl/N-ethyl adjacent to an activating group) is 2. The van der Waals surface area contributed by atoms with Gasteiger partial charge in [0.1, 0.15) is 5.75 Å². The minimum absolute atomic E-state index is 0.0893. The van der Waals surface area contributed by atoms with Crippen molar-refractivity contribution in [1.82, 2.24) is 10.2 Å². The molecule has 1 amide bonds. The monoisotopic (exact) mass is 314 g/mol. The molecule has 1 rings (SSSR count). The van der Waals surface area contributed by atoms with E-state index in [4.69, 9.17) is 4.74 Å². The van der Waals surface area contributed by atoms with Crippen LogP contribution >= 0.6 is 15.9 Å². The van der Waals surface area contributed by atoms with Crippen molar-refractivity contribution >= 4 is 21.8 Å². The normalized spacial score (nSPS) is 10.2. The van der Waals surface area contributed by atoms with Gasteiger partial charge in [-0.05, 0) is 37.2 Å². The third-order valence-electron chi connectivity index (χ3n) is 2.71. The van der Waals surface area contributed by atoms with Gasteiger partial charge in [-0.25, -0.2) is 0 Å². The van der Waals surface area contributed by atoms with E-state index in [1.165, 1.54) is 0 Å². The Kier molecular flexibility index (Phi) is 6.15. The molecule has 5 heteroatoms. The SMILES string of the molecule is CNCC(=O)N(C)CCc1cc(Br)ccc1OC. The molecule has 0 atom stereocenters. The van der Waals surface area contributed by atoms with Gasteiger partial charge in [0.05, 0.1) is 13.7 Å². The number of ether oxygens (including phenoxy) is 1. The van der Waals surface area contributed by atoms with Gasteiger partial charge in [0.25, 0.3) is 0 Å². The number of methoxy groups -OCH3 is 1. The number of carbonyl (C=O) groups excluding carboxylic acids is 1. The van der Waals surface area contributed by atoms with E-state index in [-0.39, 0.29) is 5.91 Å². The Balaban J connectivity index is 2.62. The fourth-order valence-electron chi connectivity index (χ4n) is 1.64. The van der Waals surface area contributed by atoms with Crippen molar-refractivity contribution in [3.63, 3.8) is 0 Å². The van der Waals surface area contributed by atoms with E-state index in [1.54, 1.807) is 19.1 Å². The third kappa shape index (κ3) is 4.31. The average molecular weight is 315 g/mol. The number of hydrogen-bond donors (Lipinski definition) is 1. The fourth-order valence-corrected chi connectivity index (χ4v) is 2.05. The van der Waals surface area contributed by atoms with Gasteiger partial charge in [-0.15, -0.1) is 0 Å². The number of nitrogens with zero attached hydrogens (tertiary/aromatic N) is 1. The molecular formula is C13H19BrN2O2. The van der Waals surface area contributed by atoms with E-state index in [1.807, 2.05) is 25.2 Å². The van der Waals surface area contributed by atoms with E-state index in [0.717, 1.165) is 22.2 Å². The molecule has 0 saturated carbocycles. The summed E-state index contributed by atoms with van der Waals surface area (Å²) in [5.41, 5.74) is 1.09. The molecular weight excluding hydrogens is 296 g/mol. The lowest BCUT2D eigenvalue weighted by Crippen LogP contribution is -2.35. The van der Waals surface area contributed by atoms with Crippen LogP contribution in [0.1, 0.15) is 5.56 Å². The second kappa shape index (κ2) is 7.38. The smallest absolute Gasteiger partial charge is 0.236 e. The van der Waals surface area contributed by atoms with Gasteiger partial charge < -0.3 is 15.0 Å². The summed E-state index contributed by atoms with van der Waals surface area (Å²) in [6.45, 7) is 1.04. The average Bonchev–Trinajstić information content (AvgIpc) is 2.36. The predicted octanol–water partition coefficient (Wildman–Crippen LogP) is 1.68. The summed E-state index contributed by atoms with van der Waals surface area (Å²) in [6.07, 6.45) is 0.772. The number of benzene rings is 1. The molecule has 0 heterocycles. The second-order valence-corrected chi connectivity index (χ2v) is 4.97. The zero-order valence-corrected chi connectivity index (χ0v) is 12.6. The Morgan fingerprint density at radius 2 is 2.22 bits per heavy atom. The molecule has 100 valence electrons. The van der Waals surface area contributed by atoms with Gasteiger partial charge in [-0.1, -0.05) is 15.9 Å². The summed E-state index contributed by atoms with van der Waals surface area (Å²) in [4.78, 5) is 13.3. The lowest BCUT2D eigenvalue weighted by molar-refractivity contribution is -0.128. The van der Waals surface area contributed by atoms with Crippen LogP contribution in [-0.4, -0.2) is 45.1 Å². The summed E-state index contributed by atoms with van der Waals surface area (Å²) in [5, 5.41) is 2.85. The zero-order chi connectivity index (χ0) is 13.5. The van der Waals surface area contributed by atoms with E-state index >= 15 is 0 Å². The molecule has 0 bridgehead atoms. The van der Waals surface area contributed by atoms with Gasteiger partial charge in [0.2, 0.25) is 5.91 Å². The molecule has 1 N–H and O–H groups in total. The van der Waals surface area contributed by atoms with Crippen molar-refractivity contribution in [2.45, 2.75) is 6.42 Å². The molecule has 0 aliphatic rings. The number of nitrogens with one attached hydrogen (secondary N) is 1. The van der Waals surface area contributed by atoms with Crippen LogP contribution in [0.25, 0.3) is 0 Å². The van der Waals surface area contributed by atoms with Crippen LogP contribution in [0.4, 0.5) is 0 Å². The molecule has 1 aromatic rings. The Labute approximate surface area is 116 Å². The Morgan fingerprint density at radius 1 is 1.50 bits per heavy atom. The molecule has 0 spiro atoms. The number of amides is 1. The molecule has 1 aromatic carbocycles. The third-order valence-corrected chi connectivity index (χ3v) is 3.21. The summed E-state index contributed by atoms with van der Waals surface area (Å²) >= 11 is 3.44. The highest BCUT2D eigenvalue weighted by Gasteiger charge is 2.09. The van der Waals surface area contributed by atoms with E-state index in [2.05, 4.69) is 21.2 Å². The fraction of sp³-hybridized carbons (Fsp3) is 0.462. The summed E-state index contributed by atoms with van der Waals surface area (Å²) in [5.74, 6) is 0.944. The van der Waals surface area contributed by atoms with Gasteiger partial charge >= 0.3 is 0 Å². The molecule has 4 nitrogen and oxygen atoms in total. The first-order valence-electron chi connectivity index (χ1n) is 5.79. The summed E-state index contributed by atoms with van der Waals surface area (Å²) in [7, 11) is 5.23. The van der Waals surface area contributed by atoms with Gasteiger partial charge in [0.15, 0.2) is 0 Å². The maximum Gasteiger partial charge on any atom is 0.236 e. The number of hydrogen-bond acceptors (Lipinski definition) is 3. The van der Waals surface area contributed by atoms with Crippen molar-refractivity contribution in [1.29, 1.82) is 0 Å². The number of halogens is 1. The molecule has 0 saturated heterocycles. The zero-order valence-electron chi connectivity index (χ0n) is 11.0. The van der Waals surface area contributed by atoms with Crippen molar-refractivity contribution in [2.75, 3.05) is 34.3 Å². The molecule has 18 heavy (non-hydrogen) atoms. The minimum atomic E-state index is 0.0893. The first kappa shape index (κ1) is 15.0. The first-order valence-corrected chi connectivity index (χ1v) is 6.58. The Hall–Kier alpha value is -1.07. The number of carbonyl (C=O) groups is 1. The standard InChI is InChI=1S/C13H19BrN2O2/c1-15-9-13(17)16(2)7-6-10-8-11(14)4-5-12(10)18-3/h4-5,8,15H,6-7,9H2,1-3H3. The first-order chi connectivity index (χ1) is 8.58. The van der Waals surface area contributed by atoms with Gasteiger partial charge in [-0.3, -0.25) is 4.79 Å². The molecule has 0 fully saturated rings. The van der Waals surface area contributed by atoms with Gasteiger partial charge in [-0.2, -0.15) is 0 Å². The number of rotatable bonds is 6. The largest absolute Gasteiger partial charge is 0.496 e. The summed E-state index contributed by atoms with van der Waals surface area (Å²) in [6, 6.07) is 5.89. The van der Waals surface area contributed by atoms with Crippen LogP contribution in [0.5, 0.6) is 5.75 Å². The molecule has 0 aliphatic heterocycles. The van der Waals surface area contributed by atoms with Crippen molar-refractivity contribution in [3.05, 3.63) is 28.2 Å². The second-order valence-electron chi connectivity index (χ2n) is 4.05. The molecule has 0 aliphatic carbocycles. The topological polar surface area (TPSA) is 41.6 Å². The van der Waals surface area contributed by atoms with Crippen molar-refractivity contribution in [2.24, 2.45) is 0 Å². The van der Waals surface area contributed by atoms with Crippen LogP contribution in [0.15, 0.2) is 22.7 Å². The molecule has 0 unspecified atom stereocenters. The highest BCUT2D eigenvalue weighted by Crippen LogP contribution is 2.23. The molecule has 0 aromatic heterocycles. The highest BCUT2D eigenvalue weighted by molar-refractivity contribution is 9.10. The maximum atomic E-state index is 11.6. The quantitative estimate of drug-likeness (QED) is 0.868. The predicted molar refractivity (Wildman–Crippen MR) is 76.0 cm³/mol.